The highest BCUT2D eigenvalue weighted by Gasteiger charge is 2.20. The second-order valence-corrected chi connectivity index (χ2v) is 4.72. The molecule has 0 atom stereocenters. The van der Waals surface area contributed by atoms with Crippen LogP contribution in [-0.4, -0.2) is 52.6 Å². The number of nitrogens with one attached hydrogen (secondary N) is 1. The Labute approximate surface area is 104 Å². The molecule has 0 aliphatic carbocycles. The summed E-state index contributed by atoms with van der Waals surface area (Å²) in [4.78, 5) is 11.5. The third kappa shape index (κ3) is 10.2. The van der Waals surface area contributed by atoms with Gasteiger partial charge >= 0.3 is 0 Å². The van der Waals surface area contributed by atoms with Gasteiger partial charge in [0.1, 0.15) is 0 Å². The molecule has 0 unspecified atom stereocenters. The number of amides is 1. The van der Waals surface area contributed by atoms with Gasteiger partial charge in [-0.2, -0.15) is 0 Å². The van der Waals surface area contributed by atoms with Gasteiger partial charge in [-0.15, -0.1) is 0 Å². The Kier molecular flexibility index (Phi) is 9.03. The smallest absolute Gasteiger partial charge is 0.225 e. The maximum absolute atomic E-state index is 11.5. The maximum Gasteiger partial charge on any atom is 0.225 e. The van der Waals surface area contributed by atoms with E-state index in [0.29, 0.717) is 39.6 Å². The van der Waals surface area contributed by atoms with E-state index in [1.165, 1.54) is 0 Å². The SMILES string of the molecule is COCCOCCOCCNC(=O)C(C)(C)C. The highest BCUT2D eigenvalue weighted by Crippen LogP contribution is 2.11. The van der Waals surface area contributed by atoms with Crippen molar-refractivity contribution in [3.05, 3.63) is 0 Å². The van der Waals surface area contributed by atoms with E-state index in [9.17, 15) is 4.79 Å². The summed E-state index contributed by atoms with van der Waals surface area (Å²) >= 11 is 0. The van der Waals surface area contributed by atoms with Gasteiger partial charge in [-0.25, -0.2) is 0 Å². The minimum Gasteiger partial charge on any atom is -0.382 e. The highest BCUT2D eigenvalue weighted by atomic mass is 16.5. The summed E-state index contributed by atoms with van der Waals surface area (Å²) in [6, 6.07) is 0. The largest absolute Gasteiger partial charge is 0.382 e. The van der Waals surface area contributed by atoms with Crippen molar-refractivity contribution in [2.45, 2.75) is 20.8 Å². The van der Waals surface area contributed by atoms with E-state index in [1.54, 1.807) is 7.11 Å². The monoisotopic (exact) mass is 247 g/mol. The Bertz CT molecular complexity index is 201. The fourth-order valence-corrected chi connectivity index (χ4v) is 0.966. The second-order valence-electron chi connectivity index (χ2n) is 4.72. The Hall–Kier alpha value is -0.650. The fourth-order valence-electron chi connectivity index (χ4n) is 0.966. The third-order valence-electron chi connectivity index (χ3n) is 2.02. The molecule has 17 heavy (non-hydrogen) atoms. The van der Waals surface area contributed by atoms with Gasteiger partial charge in [0.2, 0.25) is 5.91 Å². The number of hydrogen-bond acceptors (Lipinski definition) is 4. The molecule has 0 bridgehead atoms. The van der Waals surface area contributed by atoms with Crippen LogP contribution in [0.2, 0.25) is 0 Å². The summed E-state index contributed by atoms with van der Waals surface area (Å²) in [6.45, 7) is 8.96. The van der Waals surface area contributed by atoms with Crippen molar-refractivity contribution in [1.29, 1.82) is 0 Å². The van der Waals surface area contributed by atoms with E-state index in [0.717, 1.165) is 0 Å². The van der Waals surface area contributed by atoms with Gasteiger partial charge in [0.15, 0.2) is 0 Å². The van der Waals surface area contributed by atoms with Gasteiger partial charge in [-0.1, -0.05) is 20.8 Å². The normalized spacial score (nSPS) is 11.5. The zero-order valence-corrected chi connectivity index (χ0v) is 11.4. The first kappa shape index (κ1) is 16.4. The third-order valence-corrected chi connectivity index (χ3v) is 2.02. The number of rotatable bonds is 9. The number of methoxy groups -OCH3 is 1. The van der Waals surface area contributed by atoms with Crippen LogP contribution < -0.4 is 5.32 Å². The average Bonchev–Trinajstić information content (AvgIpc) is 2.25. The van der Waals surface area contributed by atoms with Gasteiger partial charge in [0.05, 0.1) is 33.0 Å². The predicted molar refractivity (Wildman–Crippen MR) is 66.0 cm³/mol. The van der Waals surface area contributed by atoms with Crippen molar-refractivity contribution < 1.29 is 19.0 Å². The molecule has 5 nitrogen and oxygen atoms in total. The molecule has 0 aliphatic heterocycles. The molecule has 1 amide bonds. The molecule has 0 fully saturated rings. The molecule has 0 saturated heterocycles. The number of carbonyl (C=O) groups is 1. The van der Waals surface area contributed by atoms with E-state index in [2.05, 4.69) is 5.32 Å². The average molecular weight is 247 g/mol. The summed E-state index contributed by atoms with van der Waals surface area (Å²) < 4.78 is 15.3. The van der Waals surface area contributed by atoms with E-state index in [4.69, 9.17) is 14.2 Å². The number of hydrogen-bond donors (Lipinski definition) is 1. The minimum absolute atomic E-state index is 0.0393. The minimum atomic E-state index is -0.344. The summed E-state index contributed by atoms with van der Waals surface area (Å²) in [5.41, 5.74) is -0.344. The van der Waals surface area contributed by atoms with Crippen molar-refractivity contribution in [1.82, 2.24) is 5.32 Å². The quantitative estimate of drug-likeness (QED) is 0.613. The van der Waals surface area contributed by atoms with E-state index < -0.39 is 0 Å². The molecule has 0 radical (unpaired) electrons. The van der Waals surface area contributed by atoms with Crippen LogP contribution in [0.25, 0.3) is 0 Å². The predicted octanol–water partition coefficient (Wildman–Crippen LogP) is 0.828. The summed E-state index contributed by atoms with van der Waals surface area (Å²) in [7, 11) is 1.64. The molecule has 1 N–H and O–H groups in total. The first-order valence-electron chi connectivity index (χ1n) is 5.91. The molecular formula is C12H25NO4. The van der Waals surface area contributed by atoms with E-state index in [-0.39, 0.29) is 11.3 Å². The fraction of sp³-hybridized carbons (Fsp3) is 0.917. The molecule has 0 spiro atoms. The van der Waals surface area contributed by atoms with Crippen LogP contribution in [0.15, 0.2) is 0 Å². The van der Waals surface area contributed by atoms with Crippen LogP contribution in [0.1, 0.15) is 20.8 Å². The first-order valence-corrected chi connectivity index (χ1v) is 5.91. The van der Waals surface area contributed by atoms with Crippen LogP contribution in [0.5, 0.6) is 0 Å². The second kappa shape index (κ2) is 9.39. The van der Waals surface area contributed by atoms with Gasteiger partial charge in [0, 0.05) is 19.1 Å². The van der Waals surface area contributed by atoms with Gasteiger partial charge < -0.3 is 19.5 Å². The lowest BCUT2D eigenvalue weighted by atomic mass is 9.96. The summed E-state index contributed by atoms with van der Waals surface area (Å²) in [5.74, 6) is 0.0393. The zero-order valence-electron chi connectivity index (χ0n) is 11.4. The molecule has 0 aliphatic rings. The molecule has 0 heterocycles. The van der Waals surface area contributed by atoms with Crippen molar-refractivity contribution in [2.24, 2.45) is 5.41 Å². The molecule has 0 saturated carbocycles. The molecular weight excluding hydrogens is 222 g/mol. The van der Waals surface area contributed by atoms with Crippen molar-refractivity contribution in [3.8, 4) is 0 Å². The van der Waals surface area contributed by atoms with Crippen LogP contribution in [0.4, 0.5) is 0 Å². The number of ether oxygens (including phenoxy) is 3. The van der Waals surface area contributed by atoms with Crippen molar-refractivity contribution >= 4 is 5.91 Å². The van der Waals surface area contributed by atoms with Crippen LogP contribution in [-0.2, 0) is 19.0 Å². The van der Waals surface area contributed by atoms with Crippen LogP contribution >= 0.6 is 0 Å². The van der Waals surface area contributed by atoms with Gasteiger partial charge in [0.25, 0.3) is 0 Å². The molecule has 5 heteroatoms. The van der Waals surface area contributed by atoms with Crippen LogP contribution in [0, 0.1) is 5.41 Å². The maximum atomic E-state index is 11.5. The molecule has 0 aromatic rings. The highest BCUT2D eigenvalue weighted by molar-refractivity contribution is 5.81. The lowest BCUT2D eigenvalue weighted by Crippen LogP contribution is -2.36. The van der Waals surface area contributed by atoms with E-state index >= 15 is 0 Å². The van der Waals surface area contributed by atoms with Crippen molar-refractivity contribution in [3.63, 3.8) is 0 Å². The van der Waals surface area contributed by atoms with Crippen LogP contribution in [0.3, 0.4) is 0 Å². The topological polar surface area (TPSA) is 56.8 Å². The standard InChI is InChI=1S/C12H25NO4/c1-12(2,3)11(14)13-5-6-16-9-10-17-8-7-15-4/h5-10H2,1-4H3,(H,13,14). The Morgan fingerprint density at radius 2 is 1.53 bits per heavy atom. The van der Waals surface area contributed by atoms with Gasteiger partial charge in [-0.3, -0.25) is 4.79 Å². The summed E-state index contributed by atoms with van der Waals surface area (Å²) in [6.07, 6.45) is 0. The zero-order chi connectivity index (χ0) is 13.1. The Morgan fingerprint density at radius 3 is 2.06 bits per heavy atom. The first-order chi connectivity index (χ1) is 7.98. The molecule has 0 aromatic carbocycles. The van der Waals surface area contributed by atoms with Gasteiger partial charge in [-0.05, 0) is 0 Å². The van der Waals surface area contributed by atoms with E-state index in [1.807, 2.05) is 20.8 Å². The number of carbonyl (C=O) groups excluding carboxylic acids is 1. The molecule has 102 valence electrons. The lowest BCUT2D eigenvalue weighted by Gasteiger charge is -2.17. The lowest BCUT2D eigenvalue weighted by molar-refractivity contribution is -0.128. The Morgan fingerprint density at radius 1 is 1.00 bits per heavy atom. The molecule has 0 aromatic heterocycles. The molecule has 0 rings (SSSR count). The van der Waals surface area contributed by atoms with Crippen molar-refractivity contribution in [2.75, 3.05) is 46.7 Å². The Balaban J connectivity index is 3.22. The summed E-state index contributed by atoms with van der Waals surface area (Å²) in [5, 5.41) is 2.81.